The first-order valence-corrected chi connectivity index (χ1v) is 6.11. The molecule has 0 saturated heterocycles. The molecule has 96 valence electrons. The molecule has 0 aliphatic rings. The van der Waals surface area contributed by atoms with E-state index in [1.54, 1.807) is 7.11 Å². The largest absolute Gasteiger partial charge is 0.497 e. The second-order valence-corrected chi connectivity index (χ2v) is 4.19. The van der Waals surface area contributed by atoms with Crippen LogP contribution in [0.3, 0.4) is 0 Å². The van der Waals surface area contributed by atoms with Gasteiger partial charge in [-0.1, -0.05) is 6.07 Å². The van der Waals surface area contributed by atoms with Crippen molar-refractivity contribution in [1.82, 2.24) is 9.78 Å². The second-order valence-electron chi connectivity index (χ2n) is 4.19. The van der Waals surface area contributed by atoms with E-state index in [-0.39, 0.29) is 0 Å². The van der Waals surface area contributed by atoms with Crippen LogP contribution in [0, 0.1) is 6.92 Å². The minimum Gasteiger partial charge on any atom is -0.497 e. The standard InChI is InChI=1S/C14H19N3O/c1-4-17-10(2)14(9-16-17)13-7-12(18-3)6-5-11(13)8-15/h5-7,9H,4,8,15H2,1-3H3. The van der Waals surface area contributed by atoms with Gasteiger partial charge in [-0.25, -0.2) is 0 Å². The molecule has 0 radical (unpaired) electrons. The van der Waals surface area contributed by atoms with Crippen LogP contribution < -0.4 is 10.5 Å². The lowest BCUT2D eigenvalue weighted by molar-refractivity contribution is 0.415. The van der Waals surface area contributed by atoms with Gasteiger partial charge in [-0.2, -0.15) is 5.10 Å². The monoisotopic (exact) mass is 245 g/mol. The van der Waals surface area contributed by atoms with Gasteiger partial charge in [0.1, 0.15) is 5.75 Å². The topological polar surface area (TPSA) is 53.1 Å². The Morgan fingerprint density at radius 3 is 2.67 bits per heavy atom. The zero-order valence-electron chi connectivity index (χ0n) is 11.1. The molecular formula is C14H19N3O. The molecule has 1 aromatic heterocycles. The Morgan fingerprint density at radius 2 is 2.11 bits per heavy atom. The van der Waals surface area contributed by atoms with Gasteiger partial charge in [0.05, 0.1) is 13.3 Å². The van der Waals surface area contributed by atoms with Crippen molar-refractivity contribution in [2.45, 2.75) is 26.9 Å². The highest BCUT2D eigenvalue weighted by atomic mass is 16.5. The summed E-state index contributed by atoms with van der Waals surface area (Å²) in [7, 11) is 1.67. The van der Waals surface area contributed by atoms with Crippen LogP contribution in [0.1, 0.15) is 18.2 Å². The highest BCUT2D eigenvalue weighted by Crippen LogP contribution is 2.30. The van der Waals surface area contributed by atoms with E-state index in [0.29, 0.717) is 6.54 Å². The molecule has 1 aromatic carbocycles. The molecule has 2 N–H and O–H groups in total. The molecule has 0 amide bonds. The summed E-state index contributed by atoms with van der Waals surface area (Å²) in [5, 5.41) is 4.38. The van der Waals surface area contributed by atoms with Crippen molar-refractivity contribution >= 4 is 0 Å². The second kappa shape index (κ2) is 5.23. The Bertz CT molecular complexity index is 546. The molecule has 0 unspecified atom stereocenters. The molecule has 0 saturated carbocycles. The zero-order valence-corrected chi connectivity index (χ0v) is 11.1. The summed E-state index contributed by atoms with van der Waals surface area (Å²) in [6.07, 6.45) is 1.90. The fourth-order valence-corrected chi connectivity index (χ4v) is 2.14. The third-order valence-corrected chi connectivity index (χ3v) is 3.23. The average molecular weight is 245 g/mol. The predicted molar refractivity (Wildman–Crippen MR) is 72.5 cm³/mol. The molecule has 18 heavy (non-hydrogen) atoms. The molecule has 0 aliphatic heterocycles. The van der Waals surface area contributed by atoms with Gasteiger partial charge in [0.25, 0.3) is 0 Å². The lowest BCUT2D eigenvalue weighted by Gasteiger charge is -2.10. The van der Waals surface area contributed by atoms with Gasteiger partial charge < -0.3 is 10.5 Å². The first-order chi connectivity index (χ1) is 8.71. The Labute approximate surface area is 107 Å². The number of methoxy groups -OCH3 is 1. The predicted octanol–water partition coefficient (Wildman–Crippen LogP) is 2.35. The Kier molecular flexibility index (Phi) is 3.67. The first kappa shape index (κ1) is 12.6. The van der Waals surface area contributed by atoms with Crippen molar-refractivity contribution < 1.29 is 4.74 Å². The molecule has 1 heterocycles. The number of nitrogens with zero attached hydrogens (tertiary/aromatic N) is 2. The van der Waals surface area contributed by atoms with Crippen molar-refractivity contribution in [3.63, 3.8) is 0 Å². The summed E-state index contributed by atoms with van der Waals surface area (Å²) in [4.78, 5) is 0. The summed E-state index contributed by atoms with van der Waals surface area (Å²) in [6.45, 7) is 5.54. The molecule has 4 heteroatoms. The highest BCUT2D eigenvalue weighted by Gasteiger charge is 2.12. The van der Waals surface area contributed by atoms with E-state index in [1.807, 2.05) is 29.1 Å². The number of rotatable bonds is 4. The Morgan fingerprint density at radius 1 is 1.33 bits per heavy atom. The number of aromatic nitrogens is 2. The van der Waals surface area contributed by atoms with Gasteiger partial charge in [0.2, 0.25) is 0 Å². The molecule has 0 bridgehead atoms. The summed E-state index contributed by atoms with van der Waals surface area (Å²) in [6, 6.07) is 5.97. The van der Waals surface area contributed by atoms with E-state index in [2.05, 4.69) is 18.9 Å². The van der Waals surface area contributed by atoms with Crippen LogP contribution in [0.4, 0.5) is 0 Å². The molecule has 0 atom stereocenters. The Balaban J connectivity index is 2.57. The van der Waals surface area contributed by atoms with Crippen LogP contribution >= 0.6 is 0 Å². The maximum atomic E-state index is 5.80. The van der Waals surface area contributed by atoms with E-state index < -0.39 is 0 Å². The van der Waals surface area contributed by atoms with Crippen LogP contribution in [0.25, 0.3) is 11.1 Å². The van der Waals surface area contributed by atoms with Crippen LogP contribution in [0.15, 0.2) is 24.4 Å². The average Bonchev–Trinajstić information content (AvgIpc) is 2.78. The van der Waals surface area contributed by atoms with Crippen LogP contribution in [0.2, 0.25) is 0 Å². The number of nitrogens with two attached hydrogens (primary N) is 1. The smallest absolute Gasteiger partial charge is 0.119 e. The van der Waals surface area contributed by atoms with E-state index >= 15 is 0 Å². The van der Waals surface area contributed by atoms with Crippen molar-refractivity contribution in [2.24, 2.45) is 5.73 Å². The first-order valence-electron chi connectivity index (χ1n) is 6.11. The van der Waals surface area contributed by atoms with Crippen molar-refractivity contribution in [1.29, 1.82) is 0 Å². The number of hydrogen-bond acceptors (Lipinski definition) is 3. The van der Waals surface area contributed by atoms with Gasteiger partial charge in [-0.3, -0.25) is 4.68 Å². The SMILES string of the molecule is CCn1ncc(-c2cc(OC)ccc2CN)c1C. The maximum absolute atomic E-state index is 5.80. The number of hydrogen-bond donors (Lipinski definition) is 1. The van der Waals surface area contributed by atoms with Crippen LogP contribution in [0.5, 0.6) is 5.75 Å². The van der Waals surface area contributed by atoms with Crippen molar-refractivity contribution in [3.05, 3.63) is 35.7 Å². The van der Waals surface area contributed by atoms with E-state index in [9.17, 15) is 0 Å². The fourth-order valence-electron chi connectivity index (χ4n) is 2.14. The number of benzene rings is 1. The van der Waals surface area contributed by atoms with Crippen LogP contribution in [-0.2, 0) is 13.1 Å². The lowest BCUT2D eigenvalue weighted by Crippen LogP contribution is -2.01. The Hall–Kier alpha value is -1.81. The summed E-state index contributed by atoms with van der Waals surface area (Å²) in [5.41, 5.74) is 10.3. The van der Waals surface area contributed by atoms with Gasteiger partial charge in [0, 0.05) is 24.3 Å². The number of ether oxygens (including phenoxy) is 1. The summed E-state index contributed by atoms with van der Waals surface area (Å²) >= 11 is 0. The molecule has 2 aromatic rings. The van der Waals surface area contributed by atoms with Crippen molar-refractivity contribution in [2.75, 3.05) is 7.11 Å². The molecule has 0 spiro atoms. The van der Waals surface area contributed by atoms with Crippen molar-refractivity contribution in [3.8, 4) is 16.9 Å². The normalized spacial score (nSPS) is 10.7. The summed E-state index contributed by atoms with van der Waals surface area (Å²) in [5.74, 6) is 0.839. The maximum Gasteiger partial charge on any atom is 0.119 e. The van der Waals surface area contributed by atoms with Gasteiger partial charge in [0.15, 0.2) is 0 Å². The highest BCUT2D eigenvalue weighted by molar-refractivity contribution is 5.70. The third-order valence-electron chi connectivity index (χ3n) is 3.23. The molecule has 0 aliphatic carbocycles. The minimum absolute atomic E-state index is 0.510. The minimum atomic E-state index is 0.510. The number of aryl methyl sites for hydroxylation is 1. The van der Waals surface area contributed by atoms with Gasteiger partial charge >= 0.3 is 0 Å². The zero-order chi connectivity index (χ0) is 13.1. The van der Waals surface area contributed by atoms with Gasteiger partial charge in [-0.05, 0) is 37.1 Å². The van der Waals surface area contributed by atoms with Gasteiger partial charge in [-0.15, -0.1) is 0 Å². The quantitative estimate of drug-likeness (QED) is 0.899. The molecular weight excluding hydrogens is 226 g/mol. The fraction of sp³-hybridized carbons (Fsp3) is 0.357. The van der Waals surface area contributed by atoms with Crippen LogP contribution in [-0.4, -0.2) is 16.9 Å². The van der Waals surface area contributed by atoms with E-state index in [0.717, 1.165) is 34.7 Å². The third kappa shape index (κ3) is 2.11. The molecule has 2 rings (SSSR count). The lowest BCUT2D eigenvalue weighted by atomic mass is 10.00. The van der Waals surface area contributed by atoms with E-state index in [1.165, 1.54) is 0 Å². The van der Waals surface area contributed by atoms with E-state index in [4.69, 9.17) is 10.5 Å². The molecule has 0 fully saturated rings. The molecule has 4 nitrogen and oxygen atoms in total. The summed E-state index contributed by atoms with van der Waals surface area (Å²) < 4.78 is 7.26.